The summed E-state index contributed by atoms with van der Waals surface area (Å²) in [6.07, 6.45) is 1.83. The zero-order chi connectivity index (χ0) is 20.6. The summed E-state index contributed by atoms with van der Waals surface area (Å²) in [5.74, 6) is 1.65. The summed E-state index contributed by atoms with van der Waals surface area (Å²) in [5, 5.41) is 6.72. The number of hydrogen-bond donors (Lipinski definition) is 1. The van der Waals surface area contributed by atoms with E-state index in [-0.39, 0.29) is 0 Å². The smallest absolute Gasteiger partial charge is 0.129 e. The third-order valence-corrected chi connectivity index (χ3v) is 4.91. The topological polar surface area (TPSA) is 42.8 Å². The minimum Gasteiger partial charge on any atom is -0.496 e. The van der Waals surface area contributed by atoms with Crippen molar-refractivity contribution in [2.75, 3.05) is 7.11 Å². The summed E-state index contributed by atoms with van der Waals surface area (Å²) >= 11 is 0. The molecule has 0 heterocycles. The third-order valence-electron chi connectivity index (χ3n) is 4.91. The Kier molecular flexibility index (Phi) is 6.25. The van der Waals surface area contributed by atoms with E-state index in [1.54, 1.807) is 7.11 Å². The first-order valence-corrected chi connectivity index (χ1v) is 9.91. The molecular formula is C26H24N2O2. The fourth-order valence-electron chi connectivity index (χ4n) is 3.36. The predicted molar refractivity (Wildman–Crippen MR) is 122 cm³/mol. The summed E-state index contributed by atoms with van der Waals surface area (Å²) in [5.41, 5.74) is 6.26. The first-order valence-electron chi connectivity index (χ1n) is 9.91. The molecule has 0 aliphatic rings. The second-order valence-corrected chi connectivity index (χ2v) is 6.88. The fourth-order valence-corrected chi connectivity index (χ4v) is 3.36. The third kappa shape index (κ3) is 4.61. The average molecular weight is 396 g/mol. The van der Waals surface area contributed by atoms with Gasteiger partial charge in [0, 0.05) is 11.1 Å². The Morgan fingerprint density at radius 2 is 1.57 bits per heavy atom. The summed E-state index contributed by atoms with van der Waals surface area (Å²) in [6.45, 7) is 1.08. The van der Waals surface area contributed by atoms with E-state index < -0.39 is 0 Å². The van der Waals surface area contributed by atoms with E-state index in [1.807, 2.05) is 66.9 Å². The van der Waals surface area contributed by atoms with E-state index in [4.69, 9.17) is 9.47 Å². The first kappa shape index (κ1) is 19.5. The van der Waals surface area contributed by atoms with E-state index in [1.165, 1.54) is 0 Å². The van der Waals surface area contributed by atoms with Crippen LogP contribution in [-0.2, 0) is 13.2 Å². The maximum atomic E-state index is 6.14. The van der Waals surface area contributed by atoms with Crippen LogP contribution < -0.4 is 14.9 Å². The van der Waals surface area contributed by atoms with Crippen molar-refractivity contribution in [1.82, 2.24) is 5.43 Å². The molecule has 150 valence electrons. The van der Waals surface area contributed by atoms with Crippen molar-refractivity contribution < 1.29 is 9.47 Å². The largest absolute Gasteiger partial charge is 0.496 e. The molecule has 4 rings (SSSR count). The van der Waals surface area contributed by atoms with Crippen molar-refractivity contribution in [2.45, 2.75) is 13.2 Å². The van der Waals surface area contributed by atoms with Crippen molar-refractivity contribution in [2.24, 2.45) is 5.10 Å². The summed E-state index contributed by atoms with van der Waals surface area (Å²) in [6, 6.07) is 30.4. The predicted octanol–water partition coefficient (Wildman–Crippen LogP) is 5.55. The molecule has 0 bridgehead atoms. The fraction of sp³-hybridized carbons (Fsp3) is 0.115. The lowest BCUT2D eigenvalue weighted by molar-refractivity contribution is 0.306. The van der Waals surface area contributed by atoms with E-state index >= 15 is 0 Å². The molecule has 4 nitrogen and oxygen atoms in total. The summed E-state index contributed by atoms with van der Waals surface area (Å²) in [7, 11) is 1.68. The number of fused-ring (bicyclic) bond motifs is 1. The number of nitrogens with zero attached hydrogens (tertiary/aromatic N) is 1. The van der Waals surface area contributed by atoms with E-state index in [2.05, 4.69) is 40.9 Å². The number of methoxy groups -OCH3 is 1. The van der Waals surface area contributed by atoms with Crippen LogP contribution in [0.5, 0.6) is 11.5 Å². The lowest BCUT2D eigenvalue weighted by atomic mass is 10.0. The number of para-hydroxylation sites is 1. The Labute approximate surface area is 176 Å². The van der Waals surface area contributed by atoms with Crippen LogP contribution in [0.15, 0.2) is 96.1 Å². The molecule has 0 aliphatic carbocycles. The van der Waals surface area contributed by atoms with Crippen molar-refractivity contribution in [3.05, 3.63) is 108 Å². The van der Waals surface area contributed by atoms with Crippen molar-refractivity contribution >= 4 is 17.0 Å². The van der Waals surface area contributed by atoms with Crippen molar-refractivity contribution in [3.8, 4) is 11.5 Å². The van der Waals surface area contributed by atoms with E-state index in [0.29, 0.717) is 13.2 Å². The quantitative estimate of drug-likeness (QED) is 0.314. The first-order chi connectivity index (χ1) is 14.8. The molecule has 1 N–H and O–H groups in total. The maximum Gasteiger partial charge on any atom is 0.129 e. The van der Waals surface area contributed by atoms with E-state index in [0.717, 1.165) is 39.0 Å². The van der Waals surface area contributed by atoms with Gasteiger partial charge < -0.3 is 14.9 Å². The van der Waals surface area contributed by atoms with Crippen LogP contribution in [0.1, 0.15) is 16.7 Å². The Morgan fingerprint density at radius 1 is 0.800 bits per heavy atom. The standard InChI is InChI=1S/C26H24N2O2/c1-29-25-14-8-6-12-22(25)17-27-28-18-24-23-13-7-5-11-21(23)15-16-26(24)30-19-20-9-3-2-4-10-20/h2-16,18,27H,17,19H2,1H3/b28-18-. The highest BCUT2D eigenvalue weighted by Gasteiger charge is 2.08. The Morgan fingerprint density at radius 3 is 2.43 bits per heavy atom. The molecule has 0 amide bonds. The van der Waals surface area contributed by atoms with Gasteiger partial charge in [0.25, 0.3) is 0 Å². The average Bonchev–Trinajstić information content (AvgIpc) is 2.81. The van der Waals surface area contributed by atoms with Gasteiger partial charge in [0.1, 0.15) is 18.1 Å². The number of ether oxygens (including phenoxy) is 2. The SMILES string of the molecule is COc1ccccc1CN/N=C\c1c(OCc2ccccc2)ccc2ccccc12. The molecule has 0 unspecified atom stereocenters. The Bertz CT molecular complexity index is 1140. The molecule has 4 heteroatoms. The monoisotopic (exact) mass is 396 g/mol. The molecule has 30 heavy (non-hydrogen) atoms. The van der Waals surface area contributed by atoms with Crippen LogP contribution >= 0.6 is 0 Å². The van der Waals surface area contributed by atoms with Crippen LogP contribution in [0.4, 0.5) is 0 Å². The summed E-state index contributed by atoms with van der Waals surface area (Å²) < 4.78 is 11.5. The maximum absolute atomic E-state index is 6.14. The van der Waals surface area contributed by atoms with Gasteiger partial charge in [-0.3, -0.25) is 0 Å². The summed E-state index contributed by atoms with van der Waals surface area (Å²) in [4.78, 5) is 0. The van der Waals surface area contributed by atoms with Gasteiger partial charge in [-0.05, 0) is 28.5 Å². The minimum atomic E-state index is 0.509. The van der Waals surface area contributed by atoms with Crippen molar-refractivity contribution in [1.29, 1.82) is 0 Å². The number of rotatable bonds is 8. The molecule has 0 atom stereocenters. The molecule has 0 fully saturated rings. The second-order valence-electron chi connectivity index (χ2n) is 6.88. The van der Waals surface area contributed by atoms with Gasteiger partial charge in [0.2, 0.25) is 0 Å². The molecule has 4 aromatic rings. The molecule has 0 aromatic heterocycles. The normalized spacial score (nSPS) is 11.0. The Balaban J connectivity index is 1.55. The van der Waals surface area contributed by atoms with Crippen molar-refractivity contribution in [3.63, 3.8) is 0 Å². The van der Waals surface area contributed by atoms with Gasteiger partial charge in [0.15, 0.2) is 0 Å². The molecule has 0 spiro atoms. The molecule has 4 aromatic carbocycles. The van der Waals surface area contributed by atoms with E-state index in [9.17, 15) is 0 Å². The van der Waals surface area contributed by atoms with Crippen LogP contribution in [0.25, 0.3) is 10.8 Å². The second kappa shape index (κ2) is 9.61. The van der Waals surface area contributed by atoms with Crippen LogP contribution in [0.2, 0.25) is 0 Å². The van der Waals surface area contributed by atoms with Crippen LogP contribution in [0.3, 0.4) is 0 Å². The highest BCUT2D eigenvalue weighted by molar-refractivity contribution is 6.02. The lowest BCUT2D eigenvalue weighted by Crippen LogP contribution is -2.07. The number of hydrazone groups is 1. The molecule has 0 saturated heterocycles. The number of benzene rings is 4. The highest BCUT2D eigenvalue weighted by Crippen LogP contribution is 2.27. The van der Waals surface area contributed by atoms with Gasteiger partial charge >= 0.3 is 0 Å². The molecule has 0 saturated carbocycles. The lowest BCUT2D eigenvalue weighted by Gasteiger charge is -2.12. The zero-order valence-electron chi connectivity index (χ0n) is 16.9. The number of nitrogens with one attached hydrogen (secondary N) is 1. The zero-order valence-corrected chi connectivity index (χ0v) is 16.9. The molecule has 0 aliphatic heterocycles. The van der Waals surface area contributed by atoms with Gasteiger partial charge in [0.05, 0.1) is 19.9 Å². The minimum absolute atomic E-state index is 0.509. The van der Waals surface area contributed by atoms with Crippen LogP contribution in [0, 0.1) is 0 Å². The molecule has 0 radical (unpaired) electrons. The highest BCUT2D eigenvalue weighted by atomic mass is 16.5. The Hall–Kier alpha value is -3.79. The van der Waals surface area contributed by atoms with Gasteiger partial charge in [-0.1, -0.05) is 78.9 Å². The number of hydrogen-bond acceptors (Lipinski definition) is 4. The molecular weight excluding hydrogens is 372 g/mol. The van der Waals surface area contributed by atoms with Gasteiger partial charge in [-0.25, -0.2) is 0 Å². The van der Waals surface area contributed by atoms with Crippen LogP contribution in [-0.4, -0.2) is 13.3 Å². The van der Waals surface area contributed by atoms with Gasteiger partial charge in [-0.15, -0.1) is 0 Å². The van der Waals surface area contributed by atoms with Gasteiger partial charge in [-0.2, -0.15) is 5.10 Å².